The fraction of sp³-hybridized carbons (Fsp3) is 0.125. The summed E-state index contributed by atoms with van der Waals surface area (Å²) in [4.78, 5) is 26.8. The molecule has 0 unspecified atom stereocenters. The average Bonchev–Trinajstić information content (AvgIpc) is 2.74. The van der Waals surface area contributed by atoms with Gasteiger partial charge in [-0.05, 0) is 24.3 Å². The smallest absolute Gasteiger partial charge is 0.261 e. The number of carbonyl (C=O) groups excluding carboxylic acids is 2. The number of fused-ring (bicyclic) bond motifs is 1. The van der Waals surface area contributed by atoms with Gasteiger partial charge in [0.25, 0.3) is 11.8 Å². The van der Waals surface area contributed by atoms with Gasteiger partial charge in [0.1, 0.15) is 0 Å². The van der Waals surface area contributed by atoms with Gasteiger partial charge in [-0.2, -0.15) is 0 Å². The molecule has 20 heavy (non-hydrogen) atoms. The maximum absolute atomic E-state index is 12.1. The highest BCUT2D eigenvalue weighted by molar-refractivity contribution is 7.99. The molecule has 0 saturated carbocycles. The lowest BCUT2D eigenvalue weighted by atomic mass is 10.1. The third kappa shape index (κ3) is 2.34. The van der Waals surface area contributed by atoms with E-state index in [1.807, 2.05) is 30.3 Å². The molecule has 1 heterocycles. The largest absolute Gasteiger partial charge is 0.273 e. The summed E-state index contributed by atoms with van der Waals surface area (Å²) in [5, 5.41) is 0. The van der Waals surface area contributed by atoms with Crippen LogP contribution in [0.4, 0.5) is 0 Å². The number of benzene rings is 2. The average molecular weight is 283 g/mol. The van der Waals surface area contributed by atoms with E-state index in [4.69, 9.17) is 0 Å². The van der Waals surface area contributed by atoms with Gasteiger partial charge in [0.2, 0.25) is 0 Å². The Labute approximate surface area is 121 Å². The van der Waals surface area contributed by atoms with Gasteiger partial charge in [-0.25, -0.2) is 0 Å². The van der Waals surface area contributed by atoms with Gasteiger partial charge in [0.05, 0.1) is 11.1 Å². The van der Waals surface area contributed by atoms with Crippen LogP contribution in [-0.4, -0.2) is 29.0 Å². The molecule has 0 aromatic heterocycles. The first kappa shape index (κ1) is 12.9. The van der Waals surface area contributed by atoms with Crippen molar-refractivity contribution in [1.82, 2.24) is 4.90 Å². The molecule has 0 radical (unpaired) electrons. The first-order chi connectivity index (χ1) is 9.77. The van der Waals surface area contributed by atoms with Crippen molar-refractivity contribution in [2.75, 3.05) is 12.3 Å². The Hall–Kier alpha value is -2.07. The number of rotatable bonds is 4. The molecule has 1 aliphatic rings. The molecule has 3 rings (SSSR count). The molecule has 2 aromatic carbocycles. The summed E-state index contributed by atoms with van der Waals surface area (Å²) in [6.45, 7) is 0.436. The van der Waals surface area contributed by atoms with Gasteiger partial charge < -0.3 is 0 Å². The predicted molar refractivity (Wildman–Crippen MR) is 79.0 cm³/mol. The van der Waals surface area contributed by atoms with Crippen molar-refractivity contribution in [1.29, 1.82) is 0 Å². The maximum atomic E-state index is 12.1. The third-order valence-corrected chi connectivity index (χ3v) is 4.20. The van der Waals surface area contributed by atoms with Crippen molar-refractivity contribution < 1.29 is 9.59 Å². The fourth-order valence-electron chi connectivity index (χ4n) is 2.21. The number of nitrogens with zero attached hydrogens (tertiary/aromatic N) is 1. The zero-order chi connectivity index (χ0) is 13.9. The van der Waals surface area contributed by atoms with Crippen LogP contribution in [0.2, 0.25) is 0 Å². The molecule has 1 aliphatic heterocycles. The second-order valence-corrected chi connectivity index (χ2v) is 5.64. The Bertz CT molecular complexity index is 620. The van der Waals surface area contributed by atoms with E-state index < -0.39 is 0 Å². The molecular formula is C16H13NO2S. The van der Waals surface area contributed by atoms with Crippen molar-refractivity contribution in [3.63, 3.8) is 0 Å². The monoisotopic (exact) mass is 283 g/mol. The lowest BCUT2D eigenvalue weighted by Gasteiger charge is -2.13. The van der Waals surface area contributed by atoms with Crippen LogP contribution in [0.3, 0.4) is 0 Å². The van der Waals surface area contributed by atoms with E-state index in [0.717, 1.165) is 4.90 Å². The quantitative estimate of drug-likeness (QED) is 0.639. The Morgan fingerprint density at radius 2 is 1.35 bits per heavy atom. The first-order valence-electron chi connectivity index (χ1n) is 6.40. The number of thioether (sulfide) groups is 1. The summed E-state index contributed by atoms with van der Waals surface area (Å²) in [5.74, 6) is 0.341. The van der Waals surface area contributed by atoms with Crippen LogP contribution in [0.15, 0.2) is 59.5 Å². The zero-order valence-corrected chi connectivity index (χ0v) is 11.6. The van der Waals surface area contributed by atoms with E-state index in [-0.39, 0.29) is 11.8 Å². The molecule has 3 nitrogen and oxygen atoms in total. The van der Waals surface area contributed by atoms with Crippen molar-refractivity contribution in [3.05, 3.63) is 65.7 Å². The van der Waals surface area contributed by atoms with E-state index in [9.17, 15) is 9.59 Å². The van der Waals surface area contributed by atoms with E-state index >= 15 is 0 Å². The molecule has 100 valence electrons. The van der Waals surface area contributed by atoms with Crippen molar-refractivity contribution >= 4 is 23.6 Å². The molecule has 2 aromatic rings. The summed E-state index contributed by atoms with van der Waals surface area (Å²) < 4.78 is 0. The van der Waals surface area contributed by atoms with Gasteiger partial charge in [-0.3, -0.25) is 14.5 Å². The number of amides is 2. The lowest BCUT2D eigenvalue weighted by Crippen LogP contribution is -2.31. The number of hydrogen-bond donors (Lipinski definition) is 0. The summed E-state index contributed by atoms with van der Waals surface area (Å²) >= 11 is 1.64. The Kier molecular flexibility index (Phi) is 3.56. The number of hydrogen-bond acceptors (Lipinski definition) is 3. The molecule has 0 saturated heterocycles. The number of carbonyl (C=O) groups is 2. The van der Waals surface area contributed by atoms with Crippen LogP contribution in [0, 0.1) is 0 Å². The van der Waals surface area contributed by atoms with Gasteiger partial charge in [-0.1, -0.05) is 30.3 Å². The molecule has 0 spiro atoms. The zero-order valence-electron chi connectivity index (χ0n) is 10.8. The van der Waals surface area contributed by atoms with E-state index in [1.54, 1.807) is 36.0 Å². The van der Waals surface area contributed by atoms with Crippen molar-refractivity contribution in [3.8, 4) is 0 Å². The molecule has 0 N–H and O–H groups in total. The minimum absolute atomic E-state index is 0.181. The summed E-state index contributed by atoms with van der Waals surface area (Å²) in [6, 6.07) is 16.9. The molecule has 0 atom stereocenters. The standard InChI is InChI=1S/C16H13NO2S/c18-15-13-8-4-5-9-14(13)16(19)17(15)10-11-20-12-6-2-1-3-7-12/h1-9H,10-11H2. The summed E-state index contributed by atoms with van der Waals surface area (Å²) in [7, 11) is 0. The lowest BCUT2D eigenvalue weighted by molar-refractivity contribution is 0.0664. The summed E-state index contributed by atoms with van der Waals surface area (Å²) in [5.41, 5.74) is 1.03. The Balaban J connectivity index is 1.65. The molecule has 0 aliphatic carbocycles. The molecule has 2 amide bonds. The highest BCUT2D eigenvalue weighted by Crippen LogP contribution is 2.24. The van der Waals surface area contributed by atoms with Crippen LogP contribution in [0.25, 0.3) is 0 Å². The van der Waals surface area contributed by atoms with E-state index in [0.29, 0.717) is 23.4 Å². The van der Waals surface area contributed by atoms with Gasteiger partial charge >= 0.3 is 0 Å². The first-order valence-corrected chi connectivity index (χ1v) is 7.39. The molecular weight excluding hydrogens is 270 g/mol. The second-order valence-electron chi connectivity index (χ2n) is 4.47. The predicted octanol–water partition coefficient (Wildman–Crippen LogP) is 3.07. The van der Waals surface area contributed by atoms with E-state index in [1.165, 1.54) is 4.90 Å². The summed E-state index contributed by atoms with van der Waals surface area (Å²) in [6.07, 6.45) is 0. The van der Waals surface area contributed by atoms with Crippen molar-refractivity contribution in [2.45, 2.75) is 4.90 Å². The van der Waals surface area contributed by atoms with Gasteiger partial charge in [0.15, 0.2) is 0 Å². The van der Waals surface area contributed by atoms with Gasteiger partial charge in [0, 0.05) is 17.2 Å². The highest BCUT2D eigenvalue weighted by atomic mass is 32.2. The fourth-order valence-corrected chi connectivity index (χ4v) is 3.07. The van der Waals surface area contributed by atoms with Crippen LogP contribution >= 0.6 is 11.8 Å². The van der Waals surface area contributed by atoms with Crippen LogP contribution < -0.4 is 0 Å². The SMILES string of the molecule is O=C1c2ccccc2C(=O)N1CCSc1ccccc1. The minimum atomic E-state index is -0.181. The normalized spacial score (nSPS) is 13.7. The highest BCUT2D eigenvalue weighted by Gasteiger charge is 2.34. The van der Waals surface area contributed by atoms with Crippen LogP contribution in [-0.2, 0) is 0 Å². The maximum Gasteiger partial charge on any atom is 0.261 e. The van der Waals surface area contributed by atoms with Crippen LogP contribution in [0.5, 0.6) is 0 Å². The minimum Gasteiger partial charge on any atom is -0.273 e. The molecule has 4 heteroatoms. The second kappa shape index (κ2) is 5.51. The van der Waals surface area contributed by atoms with Crippen LogP contribution in [0.1, 0.15) is 20.7 Å². The molecule has 0 fully saturated rings. The molecule has 0 bridgehead atoms. The Morgan fingerprint density at radius 1 is 0.800 bits per heavy atom. The third-order valence-electron chi connectivity index (χ3n) is 3.21. The topological polar surface area (TPSA) is 37.4 Å². The van der Waals surface area contributed by atoms with Gasteiger partial charge in [-0.15, -0.1) is 11.8 Å². The Morgan fingerprint density at radius 3 is 1.95 bits per heavy atom. The van der Waals surface area contributed by atoms with Crippen molar-refractivity contribution in [2.24, 2.45) is 0 Å². The van der Waals surface area contributed by atoms with E-state index in [2.05, 4.69) is 0 Å². The number of imide groups is 1.